The van der Waals surface area contributed by atoms with Crippen LogP contribution in [0.3, 0.4) is 0 Å². The van der Waals surface area contributed by atoms with Crippen LogP contribution in [0.5, 0.6) is 11.5 Å². The fourth-order valence-electron chi connectivity index (χ4n) is 4.14. The normalized spacial score (nSPS) is 19.4. The first-order chi connectivity index (χ1) is 15.5. The second kappa shape index (κ2) is 7.84. The molecule has 2 aliphatic heterocycles. The number of carbonyl (C=O) groups is 2. The topological polar surface area (TPSA) is 76.1 Å². The summed E-state index contributed by atoms with van der Waals surface area (Å²) in [5, 5.41) is 13.1. The first-order valence-electron chi connectivity index (χ1n) is 10.3. The number of hydrogen-bond donors (Lipinski definition) is 1. The Bertz CT molecular complexity index is 1260. The van der Waals surface area contributed by atoms with Crippen molar-refractivity contribution in [3.8, 4) is 11.5 Å². The third kappa shape index (κ3) is 3.17. The Balaban J connectivity index is 1.70. The van der Waals surface area contributed by atoms with Crippen molar-refractivity contribution in [1.29, 1.82) is 0 Å². The van der Waals surface area contributed by atoms with E-state index < -0.39 is 17.7 Å². The van der Waals surface area contributed by atoms with Crippen LogP contribution in [0.4, 0.5) is 5.69 Å². The van der Waals surface area contributed by atoms with Crippen LogP contribution in [0, 0.1) is 13.8 Å². The van der Waals surface area contributed by atoms with E-state index >= 15 is 0 Å². The van der Waals surface area contributed by atoms with E-state index in [0.29, 0.717) is 36.0 Å². The molecule has 1 atom stereocenters. The van der Waals surface area contributed by atoms with Crippen molar-refractivity contribution >= 4 is 34.5 Å². The molecule has 1 amide bonds. The number of hydrogen-bond acceptors (Lipinski definition) is 6. The van der Waals surface area contributed by atoms with Gasteiger partial charge in [0.1, 0.15) is 25.0 Å². The summed E-state index contributed by atoms with van der Waals surface area (Å²) in [4.78, 5) is 28.8. The van der Waals surface area contributed by atoms with E-state index in [0.717, 1.165) is 16.0 Å². The molecule has 7 heteroatoms. The number of carbonyl (C=O) groups excluding carboxylic acids is 2. The highest BCUT2D eigenvalue weighted by atomic mass is 32.1. The van der Waals surface area contributed by atoms with Gasteiger partial charge < -0.3 is 14.6 Å². The molecular weight excluding hydrogens is 426 g/mol. The third-order valence-corrected chi connectivity index (χ3v) is 6.83. The maximum absolute atomic E-state index is 13.2. The van der Waals surface area contributed by atoms with Crippen LogP contribution in [0.15, 0.2) is 59.5 Å². The number of aliphatic hydroxyl groups excluding tert-OH is 1. The molecular formula is C25H21NO5S. The van der Waals surface area contributed by atoms with Gasteiger partial charge in [0.25, 0.3) is 11.7 Å². The van der Waals surface area contributed by atoms with Gasteiger partial charge in [0.15, 0.2) is 11.5 Å². The van der Waals surface area contributed by atoms with Gasteiger partial charge in [-0.1, -0.05) is 18.2 Å². The highest BCUT2D eigenvalue weighted by Gasteiger charge is 2.47. The van der Waals surface area contributed by atoms with E-state index in [1.54, 1.807) is 18.2 Å². The van der Waals surface area contributed by atoms with Crippen molar-refractivity contribution < 1.29 is 24.2 Å². The molecule has 1 aromatic heterocycles. The monoisotopic (exact) mass is 447 g/mol. The van der Waals surface area contributed by atoms with E-state index in [4.69, 9.17) is 9.47 Å². The summed E-state index contributed by atoms with van der Waals surface area (Å²) in [6.45, 7) is 4.75. The molecule has 3 heterocycles. The Hall–Kier alpha value is -3.58. The maximum atomic E-state index is 13.2. The van der Waals surface area contributed by atoms with E-state index in [1.807, 2.05) is 49.6 Å². The van der Waals surface area contributed by atoms with Crippen molar-refractivity contribution in [1.82, 2.24) is 0 Å². The molecule has 3 aromatic rings. The van der Waals surface area contributed by atoms with Crippen LogP contribution in [0.1, 0.15) is 27.6 Å². The molecule has 0 aliphatic carbocycles. The second-order valence-electron chi connectivity index (χ2n) is 7.76. The van der Waals surface area contributed by atoms with Gasteiger partial charge in [0.05, 0.1) is 5.57 Å². The van der Waals surface area contributed by atoms with Crippen LogP contribution >= 0.6 is 11.3 Å². The molecule has 0 saturated carbocycles. The average molecular weight is 448 g/mol. The van der Waals surface area contributed by atoms with Crippen molar-refractivity contribution in [2.45, 2.75) is 19.9 Å². The molecule has 2 aromatic carbocycles. The van der Waals surface area contributed by atoms with Crippen LogP contribution in [0.25, 0.3) is 5.76 Å². The van der Waals surface area contributed by atoms with E-state index in [9.17, 15) is 14.7 Å². The van der Waals surface area contributed by atoms with Crippen molar-refractivity contribution in [3.63, 3.8) is 0 Å². The lowest BCUT2D eigenvalue weighted by atomic mass is 9.99. The van der Waals surface area contributed by atoms with Gasteiger partial charge in [0.2, 0.25) is 0 Å². The minimum atomic E-state index is -0.719. The van der Waals surface area contributed by atoms with Crippen LogP contribution in [0.2, 0.25) is 0 Å². The summed E-state index contributed by atoms with van der Waals surface area (Å²) in [7, 11) is 0. The number of Topliss-reactive ketones (excluding diaryl/α,β-unsaturated/α-hetero) is 1. The van der Waals surface area contributed by atoms with E-state index in [1.165, 1.54) is 16.2 Å². The molecule has 1 unspecified atom stereocenters. The molecule has 1 N–H and O–H groups in total. The number of ketones is 1. The number of thiophene rings is 1. The Morgan fingerprint density at radius 2 is 1.81 bits per heavy atom. The average Bonchev–Trinajstić information content (AvgIpc) is 3.42. The largest absolute Gasteiger partial charge is 0.507 e. The number of amides is 1. The fraction of sp³-hybridized carbons (Fsp3) is 0.200. The highest BCUT2D eigenvalue weighted by molar-refractivity contribution is 7.10. The molecule has 5 rings (SSSR count). The van der Waals surface area contributed by atoms with Gasteiger partial charge >= 0.3 is 0 Å². The summed E-state index contributed by atoms with van der Waals surface area (Å²) in [5.74, 6) is -0.519. The first kappa shape index (κ1) is 20.3. The van der Waals surface area contributed by atoms with Gasteiger partial charge in [-0.25, -0.2) is 0 Å². The van der Waals surface area contributed by atoms with Gasteiger partial charge in [-0.2, -0.15) is 0 Å². The van der Waals surface area contributed by atoms with Gasteiger partial charge in [-0.3, -0.25) is 14.5 Å². The van der Waals surface area contributed by atoms with Crippen LogP contribution in [-0.2, 0) is 9.59 Å². The molecule has 2 aliphatic rings. The zero-order chi connectivity index (χ0) is 22.4. The number of nitrogens with zero attached hydrogens (tertiary/aromatic N) is 1. The lowest BCUT2D eigenvalue weighted by Crippen LogP contribution is -2.29. The van der Waals surface area contributed by atoms with Crippen molar-refractivity contribution in [3.05, 3.63) is 81.1 Å². The Morgan fingerprint density at radius 3 is 2.56 bits per heavy atom. The van der Waals surface area contributed by atoms with E-state index in [2.05, 4.69) is 0 Å². The van der Waals surface area contributed by atoms with Gasteiger partial charge in [-0.05, 0) is 60.7 Å². The number of benzene rings is 2. The number of rotatable bonds is 3. The molecule has 0 bridgehead atoms. The van der Waals surface area contributed by atoms with Crippen LogP contribution in [-0.4, -0.2) is 30.0 Å². The molecule has 1 saturated heterocycles. The standard InChI is InChI=1S/C25H21NO5S/c1-14-5-3-6-17(15(14)2)26-22(20-7-4-12-32-20)21(24(28)25(26)29)23(27)16-8-9-18-19(13-16)31-11-10-30-18/h3-9,12-13,22,27H,10-11H2,1-2H3/b23-21-. The summed E-state index contributed by atoms with van der Waals surface area (Å²) in [6.07, 6.45) is 0. The Morgan fingerprint density at radius 1 is 1.03 bits per heavy atom. The number of fused-ring (bicyclic) bond motifs is 1. The Kier molecular flexibility index (Phi) is 4.98. The van der Waals surface area contributed by atoms with Crippen LogP contribution < -0.4 is 14.4 Å². The van der Waals surface area contributed by atoms with Gasteiger partial charge in [0, 0.05) is 16.1 Å². The predicted octanol–water partition coefficient (Wildman–Crippen LogP) is 4.76. The minimum Gasteiger partial charge on any atom is -0.507 e. The number of anilines is 1. The van der Waals surface area contributed by atoms with Crippen molar-refractivity contribution in [2.24, 2.45) is 0 Å². The quantitative estimate of drug-likeness (QED) is 0.356. The lowest BCUT2D eigenvalue weighted by Gasteiger charge is -2.26. The maximum Gasteiger partial charge on any atom is 0.300 e. The lowest BCUT2D eigenvalue weighted by molar-refractivity contribution is -0.132. The summed E-state index contributed by atoms with van der Waals surface area (Å²) < 4.78 is 11.2. The molecule has 0 spiro atoms. The molecule has 32 heavy (non-hydrogen) atoms. The third-order valence-electron chi connectivity index (χ3n) is 5.91. The van der Waals surface area contributed by atoms with E-state index in [-0.39, 0.29) is 11.3 Å². The molecule has 1 fully saturated rings. The minimum absolute atomic E-state index is 0.0648. The second-order valence-corrected chi connectivity index (χ2v) is 8.74. The SMILES string of the molecule is Cc1cccc(N2C(=O)C(=O)/C(=C(\O)c3ccc4c(c3)OCCO4)C2c2cccs2)c1C. The smallest absolute Gasteiger partial charge is 0.300 e. The number of aliphatic hydroxyl groups is 1. The molecule has 162 valence electrons. The summed E-state index contributed by atoms with van der Waals surface area (Å²) in [5.41, 5.74) is 3.05. The summed E-state index contributed by atoms with van der Waals surface area (Å²) >= 11 is 1.44. The zero-order valence-electron chi connectivity index (χ0n) is 17.6. The summed E-state index contributed by atoms with van der Waals surface area (Å²) in [6, 6.07) is 13.7. The molecule has 0 radical (unpaired) electrons. The van der Waals surface area contributed by atoms with Crippen molar-refractivity contribution in [2.75, 3.05) is 18.1 Å². The Labute approximate surface area is 189 Å². The number of aryl methyl sites for hydroxylation is 1. The predicted molar refractivity (Wildman–Crippen MR) is 122 cm³/mol. The highest BCUT2D eigenvalue weighted by Crippen LogP contribution is 2.45. The van der Waals surface area contributed by atoms with Gasteiger partial charge in [-0.15, -0.1) is 11.3 Å². The first-order valence-corrected chi connectivity index (χ1v) is 11.2. The zero-order valence-corrected chi connectivity index (χ0v) is 18.4. The fourth-order valence-corrected chi connectivity index (χ4v) is 4.96. The number of ether oxygens (including phenoxy) is 2. The molecule has 6 nitrogen and oxygen atoms in total.